The maximum absolute atomic E-state index is 2.47. The normalized spacial score (nSPS) is 11.3. The molecule has 0 saturated heterocycles. The van der Waals surface area contributed by atoms with Gasteiger partial charge in [0.15, 0.2) is 0 Å². The Bertz CT molecular complexity index is 3290. The smallest absolute Gasteiger partial charge is 0.0562 e. The van der Waals surface area contributed by atoms with Crippen LogP contribution in [0.1, 0.15) is 0 Å². The number of anilines is 3. The van der Waals surface area contributed by atoms with Crippen LogP contribution in [0.5, 0.6) is 0 Å². The van der Waals surface area contributed by atoms with E-state index in [9.17, 15) is 0 Å². The minimum Gasteiger partial charge on any atom is -0.310 e. The lowest BCUT2D eigenvalue weighted by atomic mass is 9.96. The van der Waals surface area contributed by atoms with Gasteiger partial charge in [0.05, 0.1) is 22.4 Å². The Hall–Kier alpha value is -7.94. The number of hydrogen-bond donors (Lipinski definition) is 0. The Labute approximate surface area is 350 Å². The van der Waals surface area contributed by atoms with Crippen molar-refractivity contribution in [1.82, 2.24) is 4.57 Å². The summed E-state index contributed by atoms with van der Waals surface area (Å²) in [4.78, 5) is 2.43. The molecule has 0 spiro atoms. The number of rotatable bonds is 8. The zero-order valence-corrected chi connectivity index (χ0v) is 33.0. The highest BCUT2D eigenvalue weighted by atomic mass is 15.1. The minimum absolute atomic E-state index is 1.08. The predicted molar refractivity (Wildman–Crippen MR) is 255 cm³/mol. The van der Waals surface area contributed by atoms with Crippen molar-refractivity contribution < 1.29 is 0 Å². The molecule has 11 rings (SSSR count). The number of nitrogens with zero attached hydrogens (tertiary/aromatic N) is 2. The molecule has 1 heterocycles. The van der Waals surface area contributed by atoms with E-state index in [0.717, 1.165) is 39.4 Å². The molecule has 0 bridgehead atoms. The Morgan fingerprint density at radius 3 is 1.58 bits per heavy atom. The van der Waals surface area contributed by atoms with Gasteiger partial charge < -0.3 is 9.47 Å². The molecule has 0 amide bonds. The van der Waals surface area contributed by atoms with Crippen molar-refractivity contribution in [2.45, 2.75) is 0 Å². The van der Waals surface area contributed by atoms with Crippen LogP contribution in [-0.4, -0.2) is 4.57 Å². The lowest BCUT2D eigenvalue weighted by Crippen LogP contribution is -2.11. The fourth-order valence-electron chi connectivity index (χ4n) is 8.97. The van der Waals surface area contributed by atoms with Gasteiger partial charge in [-0.25, -0.2) is 0 Å². The first-order valence-electron chi connectivity index (χ1n) is 20.6. The topological polar surface area (TPSA) is 8.17 Å². The van der Waals surface area contributed by atoms with Crippen molar-refractivity contribution in [3.05, 3.63) is 243 Å². The first-order valence-corrected chi connectivity index (χ1v) is 20.6. The maximum Gasteiger partial charge on any atom is 0.0562 e. The van der Waals surface area contributed by atoms with Crippen molar-refractivity contribution in [2.75, 3.05) is 4.90 Å². The molecular formula is C58H40N2. The van der Waals surface area contributed by atoms with Crippen LogP contribution in [0.4, 0.5) is 17.1 Å². The van der Waals surface area contributed by atoms with Crippen molar-refractivity contribution in [1.29, 1.82) is 0 Å². The van der Waals surface area contributed by atoms with Gasteiger partial charge >= 0.3 is 0 Å². The highest BCUT2D eigenvalue weighted by Crippen LogP contribution is 2.45. The molecule has 2 nitrogen and oxygen atoms in total. The molecule has 0 fully saturated rings. The summed E-state index contributed by atoms with van der Waals surface area (Å²) in [6.45, 7) is 0. The van der Waals surface area contributed by atoms with Crippen LogP contribution in [0.15, 0.2) is 243 Å². The van der Waals surface area contributed by atoms with Gasteiger partial charge in [0.25, 0.3) is 0 Å². The molecule has 282 valence electrons. The highest BCUT2D eigenvalue weighted by molar-refractivity contribution is 6.11. The average molecular weight is 765 g/mol. The zero-order chi connectivity index (χ0) is 39.8. The van der Waals surface area contributed by atoms with E-state index in [1.165, 1.54) is 60.4 Å². The molecule has 1 aromatic heterocycles. The Morgan fingerprint density at radius 1 is 0.283 bits per heavy atom. The van der Waals surface area contributed by atoms with E-state index in [1.807, 2.05) is 0 Å². The summed E-state index contributed by atoms with van der Waals surface area (Å²) in [7, 11) is 0. The lowest BCUT2D eigenvalue weighted by molar-refractivity contribution is 1.18. The van der Waals surface area contributed by atoms with Gasteiger partial charge in [-0.1, -0.05) is 194 Å². The van der Waals surface area contributed by atoms with Crippen LogP contribution in [0.25, 0.3) is 82.8 Å². The maximum atomic E-state index is 2.47. The third-order valence-corrected chi connectivity index (χ3v) is 11.8. The van der Waals surface area contributed by atoms with Gasteiger partial charge in [0.2, 0.25) is 0 Å². The van der Waals surface area contributed by atoms with E-state index in [-0.39, 0.29) is 0 Å². The van der Waals surface area contributed by atoms with Gasteiger partial charge in [-0.15, -0.1) is 0 Å². The monoisotopic (exact) mass is 764 g/mol. The van der Waals surface area contributed by atoms with Crippen molar-refractivity contribution in [3.8, 4) is 50.2 Å². The summed E-state index contributed by atoms with van der Waals surface area (Å²) in [6, 6.07) is 88.0. The summed E-state index contributed by atoms with van der Waals surface area (Å²) in [5, 5.41) is 4.91. The molecule has 0 aliphatic rings. The number of aromatic nitrogens is 1. The van der Waals surface area contributed by atoms with E-state index in [2.05, 4.69) is 252 Å². The van der Waals surface area contributed by atoms with Crippen molar-refractivity contribution in [2.24, 2.45) is 0 Å². The number of fused-ring (bicyclic) bond motifs is 4. The predicted octanol–water partition coefficient (Wildman–Crippen LogP) is 16.1. The molecule has 0 saturated carbocycles. The molecular weight excluding hydrogens is 725 g/mol. The number of para-hydroxylation sites is 2. The van der Waals surface area contributed by atoms with E-state index < -0.39 is 0 Å². The van der Waals surface area contributed by atoms with Gasteiger partial charge in [0.1, 0.15) is 0 Å². The van der Waals surface area contributed by atoms with Gasteiger partial charge in [-0.3, -0.25) is 0 Å². The lowest BCUT2D eigenvalue weighted by Gasteiger charge is -2.29. The second-order valence-corrected chi connectivity index (χ2v) is 15.3. The number of hydrogen-bond acceptors (Lipinski definition) is 1. The molecule has 60 heavy (non-hydrogen) atoms. The Morgan fingerprint density at radius 2 is 0.817 bits per heavy atom. The summed E-state index contributed by atoms with van der Waals surface area (Å²) < 4.78 is 2.47. The van der Waals surface area contributed by atoms with Gasteiger partial charge in [0, 0.05) is 33.3 Å². The number of benzene rings is 10. The van der Waals surface area contributed by atoms with Crippen molar-refractivity contribution >= 4 is 49.6 Å². The first-order chi connectivity index (χ1) is 29.8. The SMILES string of the molecule is c1ccc(-c2ccc(N(c3ccc4c5ccccc5n(-c5ccccc5-c5cccc6ccccc56)c4c3)c3ccc(-c4ccccc4)cc3-c3ccccc3)cc2)cc1. The molecule has 2 heteroatoms. The molecule has 0 aliphatic heterocycles. The second-order valence-electron chi connectivity index (χ2n) is 15.3. The fraction of sp³-hybridized carbons (Fsp3) is 0. The summed E-state index contributed by atoms with van der Waals surface area (Å²) in [6.07, 6.45) is 0. The summed E-state index contributed by atoms with van der Waals surface area (Å²) >= 11 is 0. The molecule has 10 aromatic carbocycles. The Kier molecular flexibility index (Phi) is 8.87. The minimum atomic E-state index is 1.08. The zero-order valence-electron chi connectivity index (χ0n) is 33.0. The van der Waals surface area contributed by atoms with E-state index >= 15 is 0 Å². The molecule has 0 N–H and O–H groups in total. The van der Waals surface area contributed by atoms with Crippen LogP contribution in [0, 0.1) is 0 Å². The fourth-order valence-corrected chi connectivity index (χ4v) is 8.97. The third-order valence-electron chi connectivity index (χ3n) is 11.8. The van der Waals surface area contributed by atoms with Crippen molar-refractivity contribution in [3.63, 3.8) is 0 Å². The van der Waals surface area contributed by atoms with Crippen LogP contribution in [0.2, 0.25) is 0 Å². The summed E-state index contributed by atoms with van der Waals surface area (Å²) in [5.41, 5.74) is 16.2. The van der Waals surface area contributed by atoms with Crippen LogP contribution in [0.3, 0.4) is 0 Å². The average Bonchev–Trinajstić information content (AvgIpc) is 3.66. The molecule has 0 aliphatic carbocycles. The van der Waals surface area contributed by atoms with E-state index in [4.69, 9.17) is 0 Å². The largest absolute Gasteiger partial charge is 0.310 e. The highest BCUT2D eigenvalue weighted by Gasteiger charge is 2.22. The standard InChI is InChI=1S/C58H40N2/c1-4-17-41(18-5-1)43-31-34-47(35-32-43)59(57-38-33-46(42-19-6-2-7-20-42)39-54(57)45-21-8-3-9-22-45)48-36-37-53-52-27-13-15-30-56(52)60(58(53)40-48)55-29-14-12-26-51(55)50-28-16-24-44-23-10-11-25-49(44)50/h1-40H. The summed E-state index contributed by atoms with van der Waals surface area (Å²) in [5.74, 6) is 0. The third kappa shape index (κ3) is 6.23. The first kappa shape index (κ1) is 35.2. The Balaban J connectivity index is 1.17. The molecule has 0 atom stereocenters. The van der Waals surface area contributed by atoms with Gasteiger partial charge in [-0.05, 0) is 92.7 Å². The second kappa shape index (κ2) is 15.1. The van der Waals surface area contributed by atoms with Crippen LogP contribution < -0.4 is 4.90 Å². The molecule has 11 aromatic rings. The van der Waals surface area contributed by atoms with E-state index in [0.29, 0.717) is 0 Å². The molecule has 0 radical (unpaired) electrons. The quantitative estimate of drug-likeness (QED) is 0.150. The molecule has 0 unspecified atom stereocenters. The van der Waals surface area contributed by atoms with Crippen LogP contribution >= 0.6 is 0 Å². The van der Waals surface area contributed by atoms with Gasteiger partial charge in [-0.2, -0.15) is 0 Å². The van der Waals surface area contributed by atoms with E-state index in [1.54, 1.807) is 0 Å². The van der Waals surface area contributed by atoms with Crippen LogP contribution in [-0.2, 0) is 0 Å².